The summed E-state index contributed by atoms with van der Waals surface area (Å²) in [6, 6.07) is 6.72. The number of likely N-dealkylation sites (N-methyl/N-ethyl adjacent to an activating group) is 1. The van der Waals surface area contributed by atoms with Gasteiger partial charge in [-0.15, -0.1) is 0 Å². The van der Waals surface area contributed by atoms with Gasteiger partial charge in [0.25, 0.3) is 0 Å². The Morgan fingerprint density at radius 2 is 1.90 bits per heavy atom. The van der Waals surface area contributed by atoms with E-state index in [1.165, 1.54) is 7.05 Å². The first-order valence-electron chi connectivity index (χ1n) is 6.33. The molecule has 0 radical (unpaired) electrons. The average molecular weight is 279 g/mol. The van der Waals surface area contributed by atoms with Gasteiger partial charge in [0.1, 0.15) is 5.75 Å². The van der Waals surface area contributed by atoms with Gasteiger partial charge in [0.2, 0.25) is 5.91 Å². The molecule has 2 N–H and O–H groups in total. The van der Waals surface area contributed by atoms with Gasteiger partial charge in [-0.2, -0.15) is 0 Å². The van der Waals surface area contributed by atoms with Crippen LogP contribution in [-0.4, -0.2) is 44.1 Å². The van der Waals surface area contributed by atoms with Crippen molar-refractivity contribution in [2.75, 3.05) is 21.2 Å². The van der Waals surface area contributed by atoms with Crippen LogP contribution in [0.2, 0.25) is 0 Å². The summed E-state index contributed by atoms with van der Waals surface area (Å²) in [5.41, 5.74) is 1.06. The Morgan fingerprint density at radius 1 is 1.30 bits per heavy atom. The molecule has 1 rings (SSSR count). The lowest BCUT2D eigenvalue weighted by Gasteiger charge is -2.23. The van der Waals surface area contributed by atoms with Crippen LogP contribution >= 0.6 is 0 Å². The molecule has 0 spiro atoms. The Labute approximate surface area is 119 Å². The number of nitrogens with zero attached hydrogens (tertiary/aromatic N) is 1. The molecule has 0 aromatic heterocycles. The molecule has 3 amide bonds. The number of nitrogens with one attached hydrogen (secondary N) is 2. The van der Waals surface area contributed by atoms with Crippen molar-refractivity contribution in [2.24, 2.45) is 0 Å². The van der Waals surface area contributed by atoms with E-state index in [1.807, 2.05) is 36.2 Å². The number of rotatable bonds is 5. The number of carbonyl (C=O) groups is 2. The first-order valence-corrected chi connectivity index (χ1v) is 6.33. The van der Waals surface area contributed by atoms with Gasteiger partial charge in [-0.1, -0.05) is 12.1 Å². The Balaban J connectivity index is 2.57. The molecule has 1 aromatic carbocycles. The molecule has 1 aromatic rings. The second-order valence-corrected chi connectivity index (χ2v) is 4.51. The van der Waals surface area contributed by atoms with Crippen molar-refractivity contribution >= 4 is 11.9 Å². The number of imide groups is 1. The van der Waals surface area contributed by atoms with E-state index >= 15 is 0 Å². The molecule has 0 aliphatic rings. The molecular weight excluding hydrogens is 258 g/mol. The number of methoxy groups -OCH3 is 1. The number of hydrogen-bond acceptors (Lipinski definition) is 4. The minimum atomic E-state index is -0.500. The maximum Gasteiger partial charge on any atom is 0.321 e. The summed E-state index contributed by atoms with van der Waals surface area (Å²) >= 11 is 0. The Morgan fingerprint density at radius 3 is 2.40 bits per heavy atom. The third kappa shape index (κ3) is 4.55. The van der Waals surface area contributed by atoms with Crippen LogP contribution in [0.1, 0.15) is 12.5 Å². The summed E-state index contributed by atoms with van der Waals surface area (Å²) in [6.07, 6.45) is 0. The van der Waals surface area contributed by atoms with Crippen molar-refractivity contribution < 1.29 is 14.3 Å². The van der Waals surface area contributed by atoms with E-state index in [9.17, 15) is 9.59 Å². The van der Waals surface area contributed by atoms with Gasteiger partial charge in [0, 0.05) is 13.6 Å². The normalized spacial score (nSPS) is 11.8. The van der Waals surface area contributed by atoms with Gasteiger partial charge in [-0.05, 0) is 31.7 Å². The minimum Gasteiger partial charge on any atom is -0.497 e. The maximum absolute atomic E-state index is 11.8. The van der Waals surface area contributed by atoms with Gasteiger partial charge in [0.15, 0.2) is 0 Å². The van der Waals surface area contributed by atoms with Crippen LogP contribution < -0.4 is 15.4 Å². The van der Waals surface area contributed by atoms with Crippen molar-refractivity contribution in [3.05, 3.63) is 29.8 Å². The zero-order chi connectivity index (χ0) is 15.1. The molecule has 6 heteroatoms. The largest absolute Gasteiger partial charge is 0.497 e. The van der Waals surface area contributed by atoms with Crippen LogP contribution in [0, 0.1) is 0 Å². The van der Waals surface area contributed by atoms with E-state index in [4.69, 9.17) is 4.74 Å². The number of amides is 3. The summed E-state index contributed by atoms with van der Waals surface area (Å²) < 4.78 is 5.09. The first kappa shape index (κ1) is 16.0. The monoisotopic (exact) mass is 279 g/mol. The smallest absolute Gasteiger partial charge is 0.321 e. The summed E-state index contributed by atoms with van der Waals surface area (Å²) in [6.45, 7) is 2.36. The summed E-state index contributed by atoms with van der Waals surface area (Å²) in [5, 5.41) is 4.61. The highest BCUT2D eigenvalue weighted by atomic mass is 16.5. The molecule has 20 heavy (non-hydrogen) atoms. The van der Waals surface area contributed by atoms with Gasteiger partial charge >= 0.3 is 6.03 Å². The summed E-state index contributed by atoms with van der Waals surface area (Å²) in [4.78, 5) is 24.8. The van der Waals surface area contributed by atoms with Gasteiger partial charge in [-0.25, -0.2) is 4.79 Å². The molecule has 0 aliphatic heterocycles. The molecule has 0 saturated heterocycles. The lowest BCUT2D eigenvalue weighted by Crippen LogP contribution is -2.47. The summed E-state index contributed by atoms with van der Waals surface area (Å²) in [5.74, 6) is 0.460. The van der Waals surface area contributed by atoms with Crippen LogP contribution in [0.5, 0.6) is 5.75 Å². The van der Waals surface area contributed by atoms with Crippen molar-refractivity contribution in [1.82, 2.24) is 15.5 Å². The van der Waals surface area contributed by atoms with E-state index in [0.717, 1.165) is 11.3 Å². The van der Waals surface area contributed by atoms with Crippen LogP contribution in [0.3, 0.4) is 0 Å². The van der Waals surface area contributed by atoms with Crippen molar-refractivity contribution in [3.63, 3.8) is 0 Å². The Hall–Kier alpha value is -2.08. The van der Waals surface area contributed by atoms with E-state index in [1.54, 1.807) is 14.0 Å². The van der Waals surface area contributed by atoms with Crippen molar-refractivity contribution in [1.29, 1.82) is 0 Å². The third-order valence-corrected chi connectivity index (χ3v) is 3.10. The highest BCUT2D eigenvalue weighted by Gasteiger charge is 2.19. The third-order valence-electron chi connectivity index (χ3n) is 3.10. The van der Waals surface area contributed by atoms with Crippen molar-refractivity contribution in [2.45, 2.75) is 19.5 Å². The molecule has 0 aliphatic carbocycles. The first-order chi connectivity index (χ1) is 9.47. The second-order valence-electron chi connectivity index (χ2n) is 4.51. The molecule has 6 nitrogen and oxygen atoms in total. The number of hydrogen-bond donors (Lipinski definition) is 2. The highest BCUT2D eigenvalue weighted by molar-refractivity contribution is 5.96. The fourth-order valence-electron chi connectivity index (χ4n) is 1.63. The molecule has 0 saturated carbocycles. The number of carbonyl (C=O) groups excluding carboxylic acids is 2. The standard InChI is InChI=1S/C14H21N3O3/c1-10(13(18)16-14(19)15-2)17(3)9-11-5-7-12(20-4)8-6-11/h5-8,10H,9H2,1-4H3,(H2,15,16,18,19)/t10-/m1/s1. The summed E-state index contributed by atoms with van der Waals surface area (Å²) in [7, 11) is 4.92. The van der Waals surface area contributed by atoms with Crippen LogP contribution in [0.15, 0.2) is 24.3 Å². The lowest BCUT2D eigenvalue weighted by atomic mass is 10.2. The van der Waals surface area contributed by atoms with Gasteiger partial charge in [-0.3, -0.25) is 15.0 Å². The molecular formula is C14H21N3O3. The van der Waals surface area contributed by atoms with Crippen LogP contribution in [0.25, 0.3) is 0 Å². The molecule has 0 heterocycles. The molecule has 0 unspecified atom stereocenters. The van der Waals surface area contributed by atoms with E-state index < -0.39 is 12.1 Å². The Kier molecular flexibility index (Phi) is 5.99. The van der Waals surface area contributed by atoms with Crippen molar-refractivity contribution in [3.8, 4) is 5.75 Å². The molecule has 110 valence electrons. The molecule has 1 atom stereocenters. The Bertz CT molecular complexity index is 459. The fraction of sp³-hybridized carbons (Fsp3) is 0.429. The van der Waals surface area contributed by atoms with Crippen LogP contribution in [0.4, 0.5) is 4.79 Å². The van der Waals surface area contributed by atoms with Crippen LogP contribution in [-0.2, 0) is 11.3 Å². The molecule has 0 fully saturated rings. The maximum atomic E-state index is 11.8. The predicted molar refractivity (Wildman–Crippen MR) is 76.5 cm³/mol. The number of urea groups is 1. The zero-order valence-electron chi connectivity index (χ0n) is 12.3. The molecule has 0 bridgehead atoms. The predicted octanol–water partition coefficient (Wildman–Crippen LogP) is 0.971. The SMILES string of the molecule is CNC(=O)NC(=O)[C@@H](C)N(C)Cc1ccc(OC)cc1. The zero-order valence-corrected chi connectivity index (χ0v) is 12.3. The minimum absolute atomic E-state index is 0.333. The second kappa shape index (κ2) is 7.49. The lowest BCUT2D eigenvalue weighted by molar-refractivity contribution is -0.124. The van der Waals surface area contributed by atoms with E-state index in [2.05, 4.69) is 10.6 Å². The van der Waals surface area contributed by atoms with Gasteiger partial charge < -0.3 is 10.1 Å². The topological polar surface area (TPSA) is 70.7 Å². The average Bonchev–Trinajstić information content (AvgIpc) is 2.46. The van der Waals surface area contributed by atoms with Gasteiger partial charge in [0.05, 0.1) is 13.2 Å². The van der Waals surface area contributed by atoms with E-state index in [0.29, 0.717) is 6.54 Å². The quantitative estimate of drug-likeness (QED) is 0.842. The number of benzene rings is 1. The van der Waals surface area contributed by atoms with E-state index in [-0.39, 0.29) is 5.91 Å². The number of ether oxygens (including phenoxy) is 1. The fourth-order valence-corrected chi connectivity index (χ4v) is 1.63. The highest BCUT2D eigenvalue weighted by Crippen LogP contribution is 2.13.